The van der Waals surface area contributed by atoms with Crippen LogP contribution in [0, 0.1) is 6.92 Å². The van der Waals surface area contributed by atoms with E-state index in [9.17, 15) is 9.90 Å². The number of nitrogens with one attached hydrogen (secondary N) is 1. The molecule has 2 aromatic rings. The number of amides is 1. The number of halogens is 1. The van der Waals surface area contributed by atoms with E-state index >= 15 is 0 Å². The van der Waals surface area contributed by atoms with Crippen LogP contribution < -0.4 is 5.32 Å². The van der Waals surface area contributed by atoms with E-state index in [-0.39, 0.29) is 0 Å². The smallest absolute Gasteiger partial charge is 0.259 e. The van der Waals surface area contributed by atoms with Crippen molar-refractivity contribution in [2.75, 3.05) is 5.32 Å². The molecular weight excluding hydrogens is 316 g/mol. The molecule has 0 aliphatic heterocycles. The van der Waals surface area contributed by atoms with Gasteiger partial charge in [0.2, 0.25) is 0 Å². The van der Waals surface area contributed by atoms with Crippen molar-refractivity contribution in [3.63, 3.8) is 0 Å². The number of aromatic nitrogens is 1. The zero-order valence-electron chi connectivity index (χ0n) is 9.55. The normalized spacial score (nSPS) is 12.2. The Morgan fingerprint density at radius 1 is 1.56 bits per heavy atom. The Morgan fingerprint density at radius 3 is 2.94 bits per heavy atom. The third-order valence-corrected chi connectivity index (χ3v) is 3.91. The molecule has 0 spiro atoms. The average Bonchev–Trinajstić information content (AvgIpc) is 2.84. The molecule has 1 aromatic heterocycles. The number of aryl methyl sites for hydroxylation is 1. The molecule has 0 radical (unpaired) electrons. The predicted octanol–water partition coefficient (Wildman–Crippen LogP) is 2.89. The van der Waals surface area contributed by atoms with Gasteiger partial charge in [0.05, 0.1) is 5.51 Å². The quantitative estimate of drug-likeness (QED) is 0.911. The number of nitrogens with zero attached hydrogens (tertiary/aromatic N) is 1. The molecule has 0 fully saturated rings. The van der Waals surface area contributed by atoms with Crippen LogP contribution in [0.25, 0.3) is 0 Å². The second-order valence-corrected chi connectivity index (χ2v) is 5.35. The number of anilines is 1. The third-order valence-electron chi connectivity index (χ3n) is 2.43. The number of hydrogen-bond donors (Lipinski definition) is 2. The molecule has 94 valence electrons. The summed E-state index contributed by atoms with van der Waals surface area (Å²) >= 11 is 4.75. The Kier molecular flexibility index (Phi) is 4.11. The van der Waals surface area contributed by atoms with Gasteiger partial charge in [-0.05, 0) is 24.1 Å². The first-order chi connectivity index (χ1) is 8.58. The summed E-state index contributed by atoms with van der Waals surface area (Å²) in [7, 11) is 0. The lowest BCUT2D eigenvalue weighted by Crippen LogP contribution is -2.21. The van der Waals surface area contributed by atoms with Crippen molar-refractivity contribution in [2.24, 2.45) is 0 Å². The number of carbonyl (C=O) groups excluding carboxylic acids is 1. The van der Waals surface area contributed by atoms with Gasteiger partial charge in [-0.15, -0.1) is 11.3 Å². The SMILES string of the molecule is Cc1cc(C(O)C(=O)Nc2cscn2)ccc1Br. The molecule has 6 heteroatoms. The molecule has 1 aromatic carbocycles. The minimum atomic E-state index is -1.20. The van der Waals surface area contributed by atoms with Gasteiger partial charge in [0, 0.05) is 9.85 Å². The maximum Gasteiger partial charge on any atom is 0.259 e. The maximum absolute atomic E-state index is 11.8. The molecule has 1 heterocycles. The highest BCUT2D eigenvalue weighted by Crippen LogP contribution is 2.22. The van der Waals surface area contributed by atoms with E-state index in [1.54, 1.807) is 23.0 Å². The van der Waals surface area contributed by atoms with Crippen LogP contribution in [-0.2, 0) is 4.79 Å². The Morgan fingerprint density at radius 2 is 2.33 bits per heavy atom. The van der Waals surface area contributed by atoms with Gasteiger partial charge in [-0.1, -0.05) is 28.1 Å². The number of aliphatic hydroxyl groups excluding tert-OH is 1. The van der Waals surface area contributed by atoms with Gasteiger partial charge in [0.15, 0.2) is 6.10 Å². The number of rotatable bonds is 3. The predicted molar refractivity (Wildman–Crippen MR) is 74.6 cm³/mol. The van der Waals surface area contributed by atoms with Crippen LogP contribution in [0.3, 0.4) is 0 Å². The Bertz CT molecular complexity index is 557. The van der Waals surface area contributed by atoms with Crippen LogP contribution in [-0.4, -0.2) is 16.0 Å². The van der Waals surface area contributed by atoms with Crippen LogP contribution in [0.5, 0.6) is 0 Å². The summed E-state index contributed by atoms with van der Waals surface area (Å²) in [5.74, 6) is -0.0273. The largest absolute Gasteiger partial charge is 0.378 e. The molecule has 0 bridgehead atoms. The van der Waals surface area contributed by atoms with Crippen molar-refractivity contribution >= 4 is 39.0 Å². The molecule has 1 atom stereocenters. The summed E-state index contributed by atoms with van der Waals surface area (Å²) in [6.45, 7) is 1.90. The minimum Gasteiger partial charge on any atom is -0.378 e. The van der Waals surface area contributed by atoms with Crippen molar-refractivity contribution in [3.05, 3.63) is 44.7 Å². The van der Waals surface area contributed by atoms with Crippen LogP contribution in [0.1, 0.15) is 17.2 Å². The van der Waals surface area contributed by atoms with Gasteiger partial charge in [-0.3, -0.25) is 4.79 Å². The van der Waals surface area contributed by atoms with Gasteiger partial charge < -0.3 is 10.4 Å². The van der Waals surface area contributed by atoms with E-state index in [1.165, 1.54) is 11.3 Å². The number of carbonyl (C=O) groups is 1. The number of thiazole rings is 1. The fourth-order valence-electron chi connectivity index (χ4n) is 1.46. The van der Waals surface area contributed by atoms with Crippen molar-refractivity contribution in [3.8, 4) is 0 Å². The lowest BCUT2D eigenvalue weighted by Gasteiger charge is -2.11. The molecule has 0 aliphatic carbocycles. The van der Waals surface area contributed by atoms with Crippen LogP contribution in [0.4, 0.5) is 5.82 Å². The van der Waals surface area contributed by atoms with Gasteiger partial charge in [0.25, 0.3) is 5.91 Å². The number of benzene rings is 1. The first-order valence-electron chi connectivity index (χ1n) is 5.21. The summed E-state index contributed by atoms with van der Waals surface area (Å²) in [4.78, 5) is 15.7. The van der Waals surface area contributed by atoms with Crippen molar-refractivity contribution in [1.82, 2.24) is 4.98 Å². The highest BCUT2D eigenvalue weighted by molar-refractivity contribution is 9.10. The summed E-state index contributed by atoms with van der Waals surface area (Å²) < 4.78 is 0.943. The summed E-state index contributed by atoms with van der Waals surface area (Å²) in [5, 5.41) is 14.2. The molecule has 1 amide bonds. The summed E-state index contributed by atoms with van der Waals surface area (Å²) in [6, 6.07) is 5.29. The first kappa shape index (κ1) is 13.2. The molecule has 2 N–H and O–H groups in total. The van der Waals surface area contributed by atoms with Gasteiger partial charge in [-0.2, -0.15) is 0 Å². The highest BCUT2D eigenvalue weighted by atomic mass is 79.9. The molecule has 18 heavy (non-hydrogen) atoms. The van der Waals surface area contributed by atoms with Crippen molar-refractivity contribution in [1.29, 1.82) is 0 Å². The fourth-order valence-corrected chi connectivity index (χ4v) is 2.19. The minimum absolute atomic E-state index is 0.456. The van der Waals surface area contributed by atoms with Crippen molar-refractivity contribution in [2.45, 2.75) is 13.0 Å². The number of hydrogen-bond acceptors (Lipinski definition) is 4. The molecule has 0 saturated carbocycles. The molecular formula is C12H11BrN2O2S. The van der Waals surface area contributed by atoms with Crippen LogP contribution in [0.15, 0.2) is 33.6 Å². The zero-order chi connectivity index (χ0) is 13.1. The van der Waals surface area contributed by atoms with Crippen LogP contribution >= 0.6 is 27.3 Å². The second-order valence-electron chi connectivity index (χ2n) is 3.77. The van der Waals surface area contributed by atoms with E-state index in [1.807, 2.05) is 13.0 Å². The lowest BCUT2D eigenvalue weighted by molar-refractivity contribution is -0.124. The van der Waals surface area contributed by atoms with E-state index in [4.69, 9.17) is 0 Å². The average molecular weight is 327 g/mol. The lowest BCUT2D eigenvalue weighted by atomic mass is 10.1. The summed E-state index contributed by atoms with van der Waals surface area (Å²) in [6.07, 6.45) is -1.20. The Hall–Kier alpha value is -1.24. The molecule has 4 nitrogen and oxygen atoms in total. The van der Waals surface area contributed by atoms with Crippen LogP contribution in [0.2, 0.25) is 0 Å². The second kappa shape index (κ2) is 5.60. The first-order valence-corrected chi connectivity index (χ1v) is 6.94. The third kappa shape index (κ3) is 2.95. The fraction of sp³-hybridized carbons (Fsp3) is 0.167. The summed E-state index contributed by atoms with van der Waals surface area (Å²) in [5.41, 5.74) is 3.14. The molecule has 0 saturated heterocycles. The maximum atomic E-state index is 11.8. The van der Waals surface area contributed by atoms with E-state index in [0.29, 0.717) is 11.4 Å². The standard InChI is InChI=1S/C12H11BrN2O2S/c1-7-4-8(2-3-9(7)13)11(16)12(17)15-10-5-18-6-14-10/h2-6,11,16H,1H3,(H,15,17). The van der Waals surface area contributed by atoms with E-state index < -0.39 is 12.0 Å². The number of aliphatic hydroxyl groups is 1. The Balaban J connectivity index is 2.12. The van der Waals surface area contributed by atoms with E-state index in [0.717, 1.165) is 10.0 Å². The molecule has 2 rings (SSSR count). The van der Waals surface area contributed by atoms with Gasteiger partial charge in [-0.25, -0.2) is 4.98 Å². The monoisotopic (exact) mass is 326 g/mol. The van der Waals surface area contributed by atoms with Gasteiger partial charge in [0.1, 0.15) is 5.82 Å². The highest BCUT2D eigenvalue weighted by Gasteiger charge is 2.18. The zero-order valence-corrected chi connectivity index (χ0v) is 12.0. The van der Waals surface area contributed by atoms with E-state index in [2.05, 4.69) is 26.2 Å². The topological polar surface area (TPSA) is 62.2 Å². The molecule has 1 unspecified atom stereocenters. The van der Waals surface area contributed by atoms with Gasteiger partial charge >= 0.3 is 0 Å². The molecule has 0 aliphatic rings. The Labute approximate surface area is 117 Å². The van der Waals surface area contributed by atoms with Crippen molar-refractivity contribution < 1.29 is 9.90 Å².